The lowest BCUT2D eigenvalue weighted by molar-refractivity contribution is -0.122. The normalized spacial score (nSPS) is 15.1. The summed E-state index contributed by atoms with van der Waals surface area (Å²) in [4.78, 5) is 19.6. The number of aromatic amines is 1. The van der Waals surface area contributed by atoms with Crippen molar-refractivity contribution in [1.29, 1.82) is 0 Å². The summed E-state index contributed by atoms with van der Waals surface area (Å²) in [7, 11) is 0. The number of H-pyrrole nitrogens is 1. The monoisotopic (exact) mass is 487 g/mol. The fourth-order valence-corrected chi connectivity index (χ4v) is 5.15. The SMILES string of the molecule is Nc1ccnc2ccc(-c3cccc(C=C4SC(=S)N(CCCCc5nn[nH]n5)C4=O)c3)cc12. The van der Waals surface area contributed by atoms with Crippen molar-refractivity contribution >= 4 is 56.9 Å². The van der Waals surface area contributed by atoms with Crippen molar-refractivity contribution in [1.82, 2.24) is 30.5 Å². The predicted molar refractivity (Wildman–Crippen MR) is 139 cm³/mol. The first-order chi connectivity index (χ1) is 16.6. The van der Waals surface area contributed by atoms with Crippen LogP contribution in [-0.2, 0) is 11.2 Å². The Kier molecular flexibility index (Phi) is 6.33. The lowest BCUT2D eigenvalue weighted by atomic mass is 10.0. The summed E-state index contributed by atoms with van der Waals surface area (Å²) in [5, 5.41) is 14.8. The van der Waals surface area contributed by atoms with Crippen molar-refractivity contribution in [3.05, 3.63) is 71.0 Å². The second-order valence-corrected chi connectivity index (χ2v) is 9.55. The van der Waals surface area contributed by atoms with Crippen molar-refractivity contribution < 1.29 is 4.79 Å². The number of hydrogen-bond acceptors (Lipinski definition) is 8. The Hall–Kier alpha value is -3.63. The number of anilines is 1. The number of tetrazole rings is 1. The third kappa shape index (κ3) is 4.68. The predicted octanol–water partition coefficient (Wildman–Crippen LogP) is 4.22. The maximum Gasteiger partial charge on any atom is 0.266 e. The van der Waals surface area contributed by atoms with E-state index in [4.69, 9.17) is 18.0 Å². The molecule has 0 radical (unpaired) electrons. The van der Waals surface area contributed by atoms with E-state index in [0.717, 1.165) is 40.4 Å². The molecule has 34 heavy (non-hydrogen) atoms. The van der Waals surface area contributed by atoms with Crippen molar-refractivity contribution in [3.63, 3.8) is 0 Å². The first-order valence-electron chi connectivity index (χ1n) is 10.8. The van der Waals surface area contributed by atoms with Crippen LogP contribution < -0.4 is 5.73 Å². The van der Waals surface area contributed by atoms with Crippen LogP contribution >= 0.6 is 24.0 Å². The number of benzene rings is 2. The molecule has 0 unspecified atom stereocenters. The van der Waals surface area contributed by atoms with Gasteiger partial charge in [0.2, 0.25) is 0 Å². The molecule has 0 spiro atoms. The molecule has 1 aliphatic rings. The minimum atomic E-state index is -0.0514. The van der Waals surface area contributed by atoms with Gasteiger partial charge in [0.05, 0.1) is 10.4 Å². The molecule has 1 aliphatic heterocycles. The standard InChI is InChI=1S/C24H21N7OS2/c25-19-9-10-26-20-8-7-17(14-18(19)20)16-5-3-4-15(12-16)13-21-23(32)31(24(33)34-21)11-2-1-6-22-27-29-30-28-22/h3-5,7-10,12-14H,1-2,6,11H2,(H2,25,26)(H,27,28,29,30). The summed E-state index contributed by atoms with van der Waals surface area (Å²) < 4.78 is 0.587. The highest BCUT2D eigenvalue weighted by Gasteiger charge is 2.31. The van der Waals surface area contributed by atoms with Crippen LogP contribution in [0.1, 0.15) is 24.2 Å². The van der Waals surface area contributed by atoms with Crippen molar-refractivity contribution in [3.8, 4) is 11.1 Å². The molecule has 10 heteroatoms. The Balaban J connectivity index is 1.30. The van der Waals surface area contributed by atoms with E-state index in [1.807, 2.05) is 42.5 Å². The zero-order chi connectivity index (χ0) is 23.5. The topological polar surface area (TPSA) is 114 Å². The van der Waals surface area contributed by atoms with E-state index < -0.39 is 0 Å². The largest absolute Gasteiger partial charge is 0.398 e. The zero-order valence-corrected chi connectivity index (χ0v) is 19.8. The molecule has 0 aliphatic carbocycles. The Bertz CT molecular complexity index is 1400. The number of nitrogens with two attached hydrogens (primary N) is 1. The molecule has 1 saturated heterocycles. The number of unbranched alkanes of at least 4 members (excludes halogenated alkanes) is 1. The molecule has 5 rings (SSSR count). The lowest BCUT2D eigenvalue weighted by Crippen LogP contribution is -2.29. The highest BCUT2D eigenvalue weighted by Crippen LogP contribution is 2.34. The number of rotatable bonds is 7. The van der Waals surface area contributed by atoms with Crippen LogP contribution in [0, 0.1) is 0 Å². The zero-order valence-electron chi connectivity index (χ0n) is 18.1. The van der Waals surface area contributed by atoms with E-state index in [1.54, 1.807) is 17.2 Å². The Morgan fingerprint density at radius 1 is 1.12 bits per heavy atom. The van der Waals surface area contributed by atoms with Gasteiger partial charge >= 0.3 is 0 Å². The van der Waals surface area contributed by atoms with Gasteiger partial charge in [-0.25, -0.2) is 0 Å². The van der Waals surface area contributed by atoms with Gasteiger partial charge < -0.3 is 5.73 Å². The second-order valence-electron chi connectivity index (χ2n) is 7.88. The van der Waals surface area contributed by atoms with Crippen LogP contribution in [0.3, 0.4) is 0 Å². The van der Waals surface area contributed by atoms with Gasteiger partial charge in [-0.05, 0) is 59.9 Å². The van der Waals surface area contributed by atoms with Crippen molar-refractivity contribution in [2.75, 3.05) is 12.3 Å². The molecule has 3 N–H and O–H groups in total. The summed E-state index contributed by atoms with van der Waals surface area (Å²) in [6.45, 7) is 0.576. The molecule has 0 saturated carbocycles. The van der Waals surface area contributed by atoms with Crippen LogP contribution in [0.15, 0.2) is 59.6 Å². The molecule has 170 valence electrons. The third-order valence-electron chi connectivity index (χ3n) is 5.59. The first kappa shape index (κ1) is 22.2. The second kappa shape index (κ2) is 9.70. The average Bonchev–Trinajstić information content (AvgIpc) is 3.45. The molecular weight excluding hydrogens is 466 g/mol. The number of fused-ring (bicyclic) bond motifs is 1. The number of hydrogen-bond donors (Lipinski definition) is 2. The van der Waals surface area contributed by atoms with E-state index >= 15 is 0 Å². The highest BCUT2D eigenvalue weighted by atomic mass is 32.2. The maximum absolute atomic E-state index is 13.0. The van der Waals surface area contributed by atoms with Gasteiger partial charge in [0.1, 0.15) is 4.32 Å². The summed E-state index contributed by atoms with van der Waals surface area (Å²) in [5.74, 6) is 0.625. The molecule has 4 aromatic rings. The molecule has 2 aromatic heterocycles. The number of aromatic nitrogens is 5. The van der Waals surface area contributed by atoms with Gasteiger partial charge in [0.15, 0.2) is 5.82 Å². The lowest BCUT2D eigenvalue weighted by Gasteiger charge is -2.13. The van der Waals surface area contributed by atoms with E-state index in [-0.39, 0.29) is 5.91 Å². The Morgan fingerprint density at radius 3 is 2.85 bits per heavy atom. The number of nitrogens with zero attached hydrogens (tertiary/aromatic N) is 5. The fraction of sp³-hybridized carbons (Fsp3) is 0.167. The van der Waals surface area contributed by atoms with E-state index in [2.05, 4.69) is 31.7 Å². The Morgan fingerprint density at radius 2 is 2.00 bits per heavy atom. The smallest absolute Gasteiger partial charge is 0.266 e. The summed E-state index contributed by atoms with van der Waals surface area (Å²) in [5.41, 5.74) is 10.7. The quantitative estimate of drug-likeness (QED) is 0.226. The molecule has 1 fully saturated rings. The molecule has 0 atom stereocenters. The van der Waals surface area contributed by atoms with Crippen molar-refractivity contribution in [2.24, 2.45) is 0 Å². The number of carbonyl (C=O) groups excluding carboxylic acids is 1. The van der Waals surface area contributed by atoms with E-state index in [0.29, 0.717) is 33.7 Å². The van der Waals surface area contributed by atoms with E-state index in [9.17, 15) is 4.79 Å². The summed E-state index contributed by atoms with van der Waals surface area (Å²) in [6.07, 6.45) is 5.98. The van der Waals surface area contributed by atoms with Gasteiger partial charge in [0.25, 0.3) is 5.91 Å². The van der Waals surface area contributed by atoms with Gasteiger partial charge in [-0.15, -0.1) is 10.2 Å². The van der Waals surface area contributed by atoms with Gasteiger partial charge in [0, 0.05) is 30.2 Å². The number of thiocarbonyl (C=S) groups is 1. The average molecular weight is 488 g/mol. The molecule has 1 amide bonds. The van der Waals surface area contributed by atoms with Crippen molar-refractivity contribution in [2.45, 2.75) is 19.3 Å². The molecule has 2 aromatic carbocycles. The number of nitrogen functional groups attached to an aromatic ring is 1. The van der Waals surface area contributed by atoms with Crippen LogP contribution in [0.5, 0.6) is 0 Å². The highest BCUT2D eigenvalue weighted by molar-refractivity contribution is 8.26. The van der Waals surface area contributed by atoms with E-state index in [1.165, 1.54) is 11.8 Å². The Labute approximate surface area is 205 Å². The first-order valence-corrected chi connectivity index (χ1v) is 12.0. The maximum atomic E-state index is 13.0. The fourth-order valence-electron chi connectivity index (χ4n) is 3.84. The molecule has 0 bridgehead atoms. The number of amides is 1. The van der Waals surface area contributed by atoms with Gasteiger partial charge in [-0.3, -0.25) is 14.7 Å². The van der Waals surface area contributed by atoms with Crippen LogP contribution in [0.2, 0.25) is 0 Å². The number of thioether (sulfide) groups is 1. The van der Waals surface area contributed by atoms with Crippen LogP contribution in [0.25, 0.3) is 28.1 Å². The summed E-state index contributed by atoms with van der Waals surface area (Å²) in [6, 6.07) is 15.9. The molecular formula is C24H21N7OS2. The van der Waals surface area contributed by atoms with Crippen LogP contribution in [0.4, 0.5) is 5.69 Å². The third-order valence-corrected chi connectivity index (χ3v) is 6.97. The molecule has 3 heterocycles. The number of carbonyl (C=O) groups is 1. The number of aryl methyl sites for hydroxylation is 1. The van der Waals surface area contributed by atoms with Gasteiger partial charge in [-0.1, -0.05) is 53.5 Å². The summed E-state index contributed by atoms with van der Waals surface area (Å²) >= 11 is 6.81. The number of pyridine rings is 1. The molecule has 8 nitrogen and oxygen atoms in total. The van der Waals surface area contributed by atoms with Gasteiger partial charge in [-0.2, -0.15) is 5.21 Å². The minimum Gasteiger partial charge on any atom is -0.398 e. The van der Waals surface area contributed by atoms with Crippen LogP contribution in [-0.4, -0.2) is 47.3 Å². The number of nitrogens with one attached hydrogen (secondary N) is 1. The minimum absolute atomic E-state index is 0.0514.